The molecule has 2 rings (SSSR count). The Balaban J connectivity index is 2.87. The Hall–Kier alpha value is -2.11. The normalized spacial score (nSPS) is 11.5. The van der Waals surface area contributed by atoms with E-state index >= 15 is 0 Å². The van der Waals surface area contributed by atoms with E-state index in [0.29, 0.717) is 0 Å². The highest BCUT2D eigenvalue weighted by atomic mass is 32.2. The minimum absolute atomic E-state index is 2.25. The van der Waals surface area contributed by atoms with E-state index in [4.69, 9.17) is 0 Å². The van der Waals surface area contributed by atoms with Gasteiger partial charge in [0.05, 0.1) is 10.8 Å². The van der Waals surface area contributed by atoms with Crippen LogP contribution in [0.15, 0.2) is 9.79 Å². The summed E-state index contributed by atoms with van der Waals surface area (Å²) in [4.78, 5) is -4.51. The summed E-state index contributed by atoms with van der Waals surface area (Å²) in [6, 6.07) is 0. The molecule has 1 nitrogen and oxygen atoms in total. The van der Waals surface area contributed by atoms with Crippen LogP contribution < -0.4 is 0 Å². The molecule has 0 unspecified atom stereocenters. The Bertz CT molecular complexity index is 765. The van der Waals surface area contributed by atoms with Gasteiger partial charge in [0, 0.05) is 0 Å². The summed E-state index contributed by atoms with van der Waals surface area (Å²) in [5.74, 6) is -26.7. The maximum absolute atomic E-state index is 13.5. The summed E-state index contributed by atoms with van der Waals surface area (Å²) >= 11 is 0. The van der Waals surface area contributed by atoms with Gasteiger partial charge in [-0.15, -0.1) is 0 Å². The Labute approximate surface area is 128 Å². The lowest BCUT2D eigenvalue weighted by molar-refractivity contribution is 0.354. The number of benzene rings is 2. The maximum Gasteiger partial charge on any atom is 0.200 e. The van der Waals surface area contributed by atoms with Gasteiger partial charge >= 0.3 is 0 Å². The molecule has 2 aromatic rings. The topological polar surface area (TPSA) is 17.1 Å². The van der Waals surface area contributed by atoms with E-state index in [1.807, 2.05) is 0 Å². The summed E-state index contributed by atoms with van der Waals surface area (Å²) in [5, 5.41) is 0. The lowest BCUT2D eigenvalue weighted by Crippen LogP contribution is -2.14. The van der Waals surface area contributed by atoms with Crippen molar-refractivity contribution in [3.63, 3.8) is 0 Å². The van der Waals surface area contributed by atoms with Gasteiger partial charge < -0.3 is 0 Å². The van der Waals surface area contributed by atoms with Gasteiger partial charge in [-0.1, -0.05) is 0 Å². The Kier molecular flexibility index (Phi) is 4.61. The van der Waals surface area contributed by atoms with Crippen LogP contribution in [0, 0.1) is 58.2 Å². The predicted octanol–water partition coefficient (Wildman–Crippen LogP) is 4.24. The zero-order valence-electron chi connectivity index (χ0n) is 10.6. The van der Waals surface area contributed by atoms with E-state index < -0.39 is 78.8 Å². The van der Waals surface area contributed by atoms with E-state index in [2.05, 4.69) is 0 Å². The molecule has 0 saturated carbocycles. The van der Waals surface area contributed by atoms with Gasteiger partial charge in [-0.3, -0.25) is 0 Å². The van der Waals surface area contributed by atoms with Crippen LogP contribution in [0.2, 0.25) is 0 Å². The summed E-state index contributed by atoms with van der Waals surface area (Å²) in [5.41, 5.74) is 0. The molecule has 0 N–H and O–H groups in total. The predicted molar refractivity (Wildman–Crippen MR) is 57.1 cm³/mol. The molecule has 0 heterocycles. The minimum atomic E-state index is -3.94. The van der Waals surface area contributed by atoms with Gasteiger partial charge in [0.2, 0.25) is 11.6 Å². The van der Waals surface area contributed by atoms with Crippen molar-refractivity contribution in [2.75, 3.05) is 0 Å². The third kappa shape index (κ3) is 2.44. The lowest BCUT2D eigenvalue weighted by Gasteiger charge is -2.10. The molecular weight excluding hydrogens is 382 g/mol. The number of rotatable bonds is 2. The van der Waals surface area contributed by atoms with E-state index in [0.717, 1.165) is 0 Å². The monoisotopic (exact) mass is 382 g/mol. The SMILES string of the molecule is O=S(c1c(F)c(F)c(F)c(F)c1F)c1c(F)c(F)c(F)c(F)c1F. The molecule has 130 valence electrons. The van der Waals surface area contributed by atoms with Crippen molar-refractivity contribution in [1.82, 2.24) is 0 Å². The molecule has 0 aliphatic carbocycles. The largest absolute Gasteiger partial charge is 0.249 e. The third-order valence-electron chi connectivity index (χ3n) is 2.71. The average molecular weight is 382 g/mol. The smallest absolute Gasteiger partial charge is 0.200 e. The van der Waals surface area contributed by atoms with Crippen LogP contribution in [-0.2, 0) is 10.8 Å². The Morgan fingerprint density at radius 3 is 0.750 bits per heavy atom. The zero-order valence-corrected chi connectivity index (χ0v) is 11.4. The van der Waals surface area contributed by atoms with Gasteiger partial charge in [-0.2, -0.15) is 0 Å². The van der Waals surface area contributed by atoms with Crippen molar-refractivity contribution in [3.8, 4) is 0 Å². The fourth-order valence-electron chi connectivity index (χ4n) is 1.60. The van der Waals surface area contributed by atoms with E-state index in [9.17, 15) is 48.1 Å². The van der Waals surface area contributed by atoms with Crippen molar-refractivity contribution in [2.24, 2.45) is 0 Å². The average Bonchev–Trinajstić information content (AvgIpc) is 2.55. The fraction of sp³-hybridized carbons (Fsp3) is 0. The van der Waals surface area contributed by atoms with Crippen molar-refractivity contribution in [3.05, 3.63) is 58.2 Å². The molecule has 12 heteroatoms. The van der Waals surface area contributed by atoms with E-state index in [1.165, 1.54) is 0 Å². The van der Waals surface area contributed by atoms with Crippen molar-refractivity contribution >= 4 is 10.8 Å². The molecule has 0 radical (unpaired) electrons. The first-order valence-corrected chi connectivity index (χ1v) is 6.61. The molecule has 0 atom stereocenters. The molecule has 0 amide bonds. The molecule has 24 heavy (non-hydrogen) atoms. The Morgan fingerprint density at radius 1 is 0.375 bits per heavy atom. The molecule has 0 aliphatic heterocycles. The lowest BCUT2D eigenvalue weighted by atomic mass is 10.3. The first-order chi connectivity index (χ1) is 11.0. The maximum atomic E-state index is 13.5. The molecule has 0 aliphatic rings. The first kappa shape index (κ1) is 18.2. The van der Waals surface area contributed by atoms with Crippen molar-refractivity contribution in [2.45, 2.75) is 9.79 Å². The van der Waals surface area contributed by atoms with Crippen LogP contribution in [0.5, 0.6) is 0 Å². The first-order valence-electron chi connectivity index (χ1n) is 5.46. The highest BCUT2D eigenvalue weighted by Crippen LogP contribution is 2.33. The van der Waals surface area contributed by atoms with E-state index in [-0.39, 0.29) is 0 Å². The zero-order chi connectivity index (χ0) is 18.5. The summed E-state index contributed by atoms with van der Waals surface area (Å²) in [6.45, 7) is 0. The third-order valence-corrected chi connectivity index (χ3v) is 4.17. The standard InChI is InChI=1S/C12F10OS/c13-1-3(15)7(19)11(8(20)4(1)16)24(23)12-9(21)5(17)2(14)6(18)10(12)22. The Morgan fingerprint density at radius 2 is 0.542 bits per heavy atom. The molecule has 2 aromatic carbocycles. The highest BCUT2D eigenvalue weighted by Gasteiger charge is 2.35. The summed E-state index contributed by atoms with van der Waals surface area (Å²) < 4.78 is 143. The second kappa shape index (κ2) is 6.07. The van der Waals surface area contributed by atoms with E-state index in [1.54, 1.807) is 0 Å². The number of halogens is 10. The van der Waals surface area contributed by atoms with Gasteiger partial charge in [-0.05, 0) is 0 Å². The van der Waals surface area contributed by atoms with Crippen LogP contribution in [-0.4, -0.2) is 4.21 Å². The highest BCUT2D eigenvalue weighted by molar-refractivity contribution is 7.85. The van der Waals surface area contributed by atoms with Crippen LogP contribution in [0.1, 0.15) is 0 Å². The number of hydrogen-bond acceptors (Lipinski definition) is 1. The van der Waals surface area contributed by atoms with Gasteiger partial charge in [0.25, 0.3) is 0 Å². The molecule has 0 fully saturated rings. The molecule has 0 bridgehead atoms. The molecule has 0 spiro atoms. The quantitative estimate of drug-likeness (QED) is 0.431. The van der Waals surface area contributed by atoms with Gasteiger partial charge in [0.15, 0.2) is 46.5 Å². The second-order valence-corrected chi connectivity index (χ2v) is 5.42. The molecular formula is C12F10OS. The number of hydrogen-bond donors (Lipinski definition) is 0. The van der Waals surface area contributed by atoms with Gasteiger partial charge in [-0.25, -0.2) is 48.1 Å². The van der Waals surface area contributed by atoms with Crippen molar-refractivity contribution < 1.29 is 48.1 Å². The molecule has 0 aromatic heterocycles. The van der Waals surface area contributed by atoms with Crippen LogP contribution >= 0.6 is 0 Å². The molecule has 0 saturated heterocycles. The minimum Gasteiger partial charge on any atom is -0.249 e. The summed E-state index contributed by atoms with van der Waals surface area (Å²) in [7, 11) is -3.94. The fourth-order valence-corrected chi connectivity index (χ4v) is 2.81. The van der Waals surface area contributed by atoms with Crippen LogP contribution in [0.25, 0.3) is 0 Å². The second-order valence-electron chi connectivity index (χ2n) is 4.07. The van der Waals surface area contributed by atoms with Crippen LogP contribution in [0.4, 0.5) is 43.9 Å². The summed E-state index contributed by atoms with van der Waals surface area (Å²) in [6.07, 6.45) is 0. The van der Waals surface area contributed by atoms with Gasteiger partial charge in [0.1, 0.15) is 9.79 Å². The van der Waals surface area contributed by atoms with Crippen LogP contribution in [0.3, 0.4) is 0 Å². The van der Waals surface area contributed by atoms with Crippen molar-refractivity contribution in [1.29, 1.82) is 0 Å².